The molecule has 1 fully saturated rings. The molecule has 5 nitrogen and oxygen atoms in total. The number of carbonyl (C=O) groups excluding carboxylic acids is 2. The van der Waals surface area contributed by atoms with Crippen LogP contribution in [0, 0.1) is 5.92 Å². The van der Waals surface area contributed by atoms with Crippen molar-refractivity contribution in [2.24, 2.45) is 5.92 Å². The normalized spacial score (nSPS) is 21.9. The van der Waals surface area contributed by atoms with Gasteiger partial charge in [0, 0.05) is 7.05 Å². The lowest BCUT2D eigenvalue weighted by Crippen LogP contribution is -2.53. The van der Waals surface area contributed by atoms with Gasteiger partial charge in [0.15, 0.2) is 0 Å². The highest BCUT2D eigenvalue weighted by Crippen LogP contribution is 2.07. The van der Waals surface area contributed by atoms with Crippen LogP contribution in [0.5, 0.6) is 0 Å². The molecule has 0 aliphatic carbocycles. The summed E-state index contributed by atoms with van der Waals surface area (Å²) in [5.41, 5.74) is 0. The Morgan fingerprint density at radius 3 is 2.50 bits per heavy atom. The predicted octanol–water partition coefficient (Wildman–Crippen LogP) is -0.375. The molecule has 1 saturated heterocycles. The van der Waals surface area contributed by atoms with Gasteiger partial charge in [0.25, 0.3) is 0 Å². The molecule has 1 rings (SSSR count). The maximum atomic E-state index is 11.8. The van der Waals surface area contributed by atoms with Crippen LogP contribution in [-0.4, -0.2) is 37.5 Å². The van der Waals surface area contributed by atoms with Crippen LogP contribution in [0.15, 0.2) is 0 Å². The molecule has 0 bridgehead atoms. The van der Waals surface area contributed by atoms with E-state index in [-0.39, 0.29) is 23.8 Å². The first-order chi connectivity index (χ1) is 7.56. The van der Waals surface area contributed by atoms with Crippen molar-refractivity contribution in [1.29, 1.82) is 0 Å². The summed E-state index contributed by atoms with van der Waals surface area (Å²) in [5.74, 6) is -0.119. The minimum Gasteiger partial charge on any atom is -0.357 e. The fraction of sp³-hybridized carbons (Fsp3) is 0.818. The van der Waals surface area contributed by atoms with Crippen molar-refractivity contribution in [3.8, 4) is 0 Å². The number of hydrogen-bond acceptors (Lipinski definition) is 3. The Morgan fingerprint density at radius 1 is 1.38 bits per heavy atom. The summed E-state index contributed by atoms with van der Waals surface area (Å²) in [6.07, 6.45) is 1.87. The van der Waals surface area contributed by atoms with E-state index in [0.717, 1.165) is 19.4 Å². The van der Waals surface area contributed by atoms with Gasteiger partial charge in [-0.2, -0.15) is 0 Å². The van der Waals surface area contributed by atoms with Crippen LogP contribution < -0.4 is 16.0 Å². The SMILES string of the molecule is CNC(=O)[C@H](NC(=O)[C@@H]1CCCN1)C(C)C. The summed E-state index contributed by atoms with van der Waals surface area (Å²) in [4.78, 5) is 23.4. The van der Waals surface area contributed by atoms with Crippen molar-refractivity contribution in [1.82, 2.24) is 16.0 Å². The number of likely N-dealkylation sites (N-methyl/N-ethyl adjacent to an activating group) is 1. The predicted molar refractivity (Wildman–Crippen MR) is 61.9 cm³/mol. The van der Waals surface area contributed by atoms with Gasteiger partial charge in [-0.15, -0.1) is 0 Å². The van der Waals surface area contributed by atoms with Crippen LogP contribution in [0.3, 0.4) is 0 Å². The zero-order chi connectivity index (χ0) is 12.1. The second kappa shape index (κ2) is 5.84. The molecule has 0 saturated carbocycles. The molecule has 1 aliphatic heterocycles. The second-order valence-corrected chi connectivity index (χ2v) is 4.49. The Kier molecular flexibility index (Phi) is 4.73. The van der Waals surface area contributed by atoms with Crippen LogP contribution in [-0.2, 0) is 9.59 Å². The van der Waals surface area contributed by atoms with Crippen LogP contribution in [0.2, 0.25) is 0 Å². The first kappa shape index (κ1) is 13.0. The average molecular weight is 227 g/mol. The van der Waals surface area contributed by atoms with Crippen LogP contribution in [0.4, 0.5) is 0 Å². The number of nitrogens with one attached hydrogen (secondary N) is 3. The van der Waals surface area contributed by atoms with E-state index < -0.39 is 6.04 Å². The van der Waals surface area contributed by atoms with E-state index in [1.807, 2.05) is 13.8 Å². The third-order valence-corrected chi connectivity index (χ3v) is 2.87. The Bertz CT molecular complexity index is 260. The topological polar surface area (TPSA) is 70.2 Å². The van der Waals surface area contributed by atoms with E-state index in [1.165, 1.54) is 0 Å². The lowest BCUT2D eigenvalue weighted by Gasteiger charge is -2.22. The summed E-state index contributed by atoms with van der Waals surface area (Å²) in [7, 11) is 1.58. The molecule has 2 amide bonds. The molecule has 0 spiro atoms. The van der Waals surface area contributed by atoms with Crippen LogP contribution in [0.1, 0.15) is 26.7 Å². The quantitative estimate of drug-likeness (QED) is 0.613. The number of carbonyl (C=O) groups is 2. The molecule has 1 aliphatic rings. The van der Waals surface area contributed by atoms with Gasteiger partial charge in [-0.05, 0) is 25.3 Å². The van der Waals surface area contributed by atoms with Gasteiger partial charge in [0.05, 0.1) is 6.04 Å². The molecule has 0 aromatic rings. The van der Waals surface area contributed by atoms with E-state index in [1.54, 1.807) is 7.05 Å². The maximum absolute atomic E-state index is 11.8. The average Bonchev–Trinajstić information content (AvgIpc) is 2.77. The molecule has 2 atom stereocenters. The highest BCUT2D eigenvalue weighted by Gasteiger charge is 2.28. The summed E-state index contributed by atoms with van der Waals surface area (Å²) < 4.78 is 0. The third-order valence-electron chi connectivity index (χ3n) is 2.87. The van der Waals surface area contributed by atoms with Gasteiger partial charge in [0.1, 0.15) is 6.04 Å². The largest absolute Gasteiger partial charge is 0.357 e. The number of amides is 2. The molecule has 1 heterocycles. The van der Waals surface area contributed by atoms with Gasteiger partial charge in [0.2, 0.25) is 11.8 Å². The van der Waals surface area contributed by atoms with E-state index >= 15 is 0 Å². The molecule has 5 heteroatoms. The lowest BCUT2D eigenvalue weighted by molar-refractivity contribution is -0.130. The van der Waals surface area contributed by atoms with Gasteiger partial charge in [-0.1, -0.05) is 13.8 Å². The Labute approximate surface area is 96.4 Å². The van der Waals surface area contributed by atoms with Crippen LogP contribution in [0.25, 0.3) is 0 Å². The third kappa shape index (κ3) is 3.20. The minimum absolute atomic E-state index is 0.0696. The molecular weight excluding hydrogens is 206 g/mol. The zero-order valence-corrected chi connectivity index (χ0v) is 10.2. The molecule has 16 heavy (non-hydrogen) atoms. The van der Waals surface area contributed by atoms with Gasteiger partial charge >= 0.3 is 0 Å². The van der Waals surface area contributed by atoms with Crippen molar-refractivity contribution < 1.29 is 9.59 Å². The van der Waals surface area contributed by atoms with E-state index in [2.05, 4.69) is 16.0 Å². The summed E-state index contributed by atoms with van der Waals surface area (Å²) in [6, 6.07) is -0.578. The van der Waals surface area contributed by atoms with Crippen molar-refractivity contribution in [3.05, 3.63) is 0 Å². The molecular formula is C11H21N3O2. The minimum atomic E-state index is -0.445. The second-order valence-electron chi connectivity index (χ2n) is 4.49. The smallest absolute Gasteiger partial charge is 0.242 e. The number of rotatable bonds is 4. The highest BCUT2D eigenvalue weighted by molar-refractivity contribution is 5.89. The number of hydrogen-bond donors (Lipinski definition) is 3. The zero-order valence-electron chi connectivity index (χ0n) is 10.2. The molecule has 3 N–H and O–H groups in total. The van der Waals surface area contributed by atoms with Crippen molar-refractivity contribution in [2.75, 3.05) is 13.6 Å². The lowest BCUT2D eigenvalue weighted by atomic mass is 10.0. The fourth-order valence-electron chi connectivity index (χ4n) is 1.85. The fourth-order valence-corrected chi connectivity index (χ4v) is 1.85. The van der Waals surface area contributed by atoms with Gasteiger partial charge in [-0.3, -0.25) is 9.59 Å². The molecule has 92 valence electrons. The van der Waals surface area contributed by atoms with Crippen molar-refractivity contribution in [2.45, 2.75) is 38.8 Å². The monoisotopic (exact) mass is 227 g/mol. The Balaban J connectivity index is 2.53. The van der Waals surface area contributed by atoms with Crippen LogP contribution >= 0.6 is 0 Å². The molecule has 0 aromatic carbocycles. The Morgan fingerprint density at radius 2 is 2.06 bits per heavy atom. The van der Waals surface area contributed by atoms with E-state index in [4.69, 9.17) is 0 Å². The summed E-state index contributed by atoms with van der Waals surface area (Å²) >= 11 is 0. The standard InChI is InChI=1S/C11H21N3O2/c1-7(2)9(11(16)12-3)14-10(15)8-5-4-6-13-8/h7-9,13H,4-6H2,1-3H3,(H,12,16)(H,14,15)/t8-,9+/m0/s1. The van der Waals surface area contributed by atoms with Crippen molar-refractivity contribution in [3.63, 3.8) is 0 Å². The molecule has 0 radical (unpaired) electrons. The van der Waals surface area contributed by atoms with Gasteiger partial charge < -0.3 is 16.0 Å². The highest BCUT2D eigenvalue weighted by atomic mass is 16.2. The summed E-state index contributed by atoms with van der Waals surface area (Å²) in [5, 5.41) is 8.48. The molecule has 0 unspecified atom stereocenters. The van der Waals surface area contributed by atoms with E-state index in [0.29, 0.717) is 0 Å². The first-order valence-electron chi connectivity index (χ1n) is 5.81. The maximum Gasteiger partial charge on any atom is 0.242 e. The first-order valence-corrected chi connectivity index (χ1v) is 5.81. The van der Waals surface area contributed by atoms with Gasteiger partial charge in [-0.25, -0.2) is 0 Å². The van der Waals surface area contributed by atoms with Crippen molar-refractivity contribution >= 4 is 11.8 Å². The molecule has 0 aromatic heterocycles. The summed E-state index contributed by atoms with van der Waals surface area (Å²) in [6.45, 7) is 4.72. The Hall–Kier alpha value is -1.10. The van der Waals surface area contributed by atoms with E-state index in [9.17, 15) is 9.59 Å².